The lowest BCUT2D eigenvalue weighted by Gasteiger charge is -2.23. The summed E-state index contributed by atoms with van der Waals surface area (Å²) in [4.78, 5) is 6.52. The number of nitrogens with two attached hydrogens (primary N) is 1. The molecule has 2 aromatic rings. The highest BCUT2D eigenvalue weighted by atomic mass is 16.6. The lowest BCUT2D eigenvalue weighted by molar-refractivity contribution is -0.108. The van der Waals surface area contributed by atoms with Crippen molar-refractivity contribution in [2.45, 2.75) is 24.4 Å². The van der Waals surface area contributed by atoms with Gasteiger partial charge in [-0.25, -0.2) is 9.50 Å². The summed E-state index contributed by atoms with van der Waals surface area (Å²) in [5, 5.41) is 26.9. The number of anilines is 1. The predicted octanol–water partition coefficient (Wildman–Crippen LogP) is 0.133. The molecule has 0 saturated carbocycles. The van der Waals surface area contributed by atoms with Gasteiger partial charge in [-0.3, -0.25) is 0 Å². The van der Waals surface area contributed by atoms with Crippen LogP contribution in [0.2, 0.25) is 0 Å². The molecule has 1 aliphatic rings. The van der Waals surface area contributed by atoms with Crippen molar-refractivity contribution in [3.63, 3.8) is 0 Å². The zero-order valence-corrected chi connectivity index (χ0v) is 10.9. The van der Waals surface area contributed by atoms with Gasteiger partial charge < -0.3 is 20.7 Å². The summed E-state index contributed by atoms with van der Waals surface area (Å²) < 4.78 is 7.15. The number of aliphatic hydroxyl groups is 2. The van der Waals surface area contributed by atoms with E-state index in [2.05, 4.69) is 20.1 Å². The van der Waals surface area contributed by atoms with Crippen LogP contribution in [0, 0.1) is 0 Å². The van der Waals surface area contributed by atoms with Crippen LogP contribution in [0.5, 0.6) is 0 Å². The maximum Gasteiger partial charge on any atom is 0.196 e. The summed E-state index contributed by atoms with van der Waals surface area (Å²) >= 11 is 0. The lowest BCUT2D eigenvalue weighted by Crippen LogP contribution is -2.40. The van der Waals surface area contributed by atoms with Gasteiger partial charge in [0.1, 0.15) is 17.9 Å². The summed E-state index contributed by atoms with van der Waals surface area (Å²) in [5.74, 6) is 0.318. The normalized spacial score (nSPS) is 28.7. The molecule has 0 aromatic carbocycles. The lowest BCUT2D eigenvalue weighted by atomic mass is 10.1. The van der Waals surface area contributed by atoms with Crippen LogP contribution in [0.1, 0.15) is 18.2 Å². The number of rotatable bonds is 3. The maximum atomic E-state index is 10.0. The first-order chi connectivity index (χ1) is 10.1. The third kappa shape index (κ3) is 1.98. The topological polar surface area (TPSA) is 155 Å². The number of ether oxygens (including phenoxy) is 1. The first kappa shape index (κ1) is 13.6. The molecule has 3 atom stereocenters. The molecule has 1 aliphatic heterocycles. The second kappa shape index (κ2) is 4.86. The monoisotopic (exact) mass is 291 g/mol. The first-order valence-electron chi connectivity index (χ1n) is 6.22. The van der Waals surface area contributed by atoms with E-state index in [-0.39, 0.29) is 6.42 Å². The number of azide groups is 1. The zero-order chi connectivity index (χ0) is 15.0. The van der Waals surface area contributed by atoms with Crippen LogP contribution >= 0.6 is 0 Å². The number of nitrogen functional groups attached to an aromatic ring is 1. The van der Waals surface area contributed by atoms with E-state index in [9.17, 15) is 10.2 Å². The first-order valence-corrected chi connectivity index (χ1v) is 6.22. The van der Waals surface area contributed by atoms with Crippen molar-refractivity contribution >= 4 is 11.3 Å². The van der Waals surface area contributed by atoms with Crippen LogP contribution in [0.15, 0.2) is 23.6 Å². The Kier molecular flexibility index (Phi) is 3.15. The highest BCUT2D eigenvalue weighted by Gasteiger charge is 2.48. The van der Waals surface area contributed by atoms with Crippen LogP contribution in [-0.4, -0.2) is 43.2 Å². The number of nitrogens with zero attached hydrogens (tertiary/aromatic N) is 6. The van der Waals surface area contributed by atoms with Gasteiger partial charge in [-0.05, 0) is 17.7 Å². The quantitative estimate of drug-likeness (QED) is 0.414. The average Bonchev–Trinajstić information content (AvgIpc) is 3.03. The molecular weight excluding hydrogens is 278 g/mol. The molecule has 0 amide bonds. The molecule has 1 fully saturated rings. The van der Waals surface area contributed by atoms with Gasteiger partial charge in [0.25, 0.3) is 0 Å². The minimum atomic E-state index is -1.68. The summed E-state index contributed by atoms with van der Waals surface area (Å²) in [6, 6.07) is 3.47. The zero-order valence-electron chi connectivity index (χ0n) is 10.9. The Morgan fingerprint density at radius 3 is 3.14 bits per heavy atom. The van der Waals surface area contributed by atoms with Gasteiger partial charge in [0.05, 0.1) is 18.4 Å². The molecule has 0 spiro atoms. The Morgan fingerprint density at radius 2 is 2.43 bits per heavy atom. The Bertz CT molecular complexity index is 726. The molecule has 1 saturated heterocycles. The summed E-state index contributed by atoms with van der Waals surface area (Å²) in [6.07, 6.45) is -0.234. The van der Waals surface area contributed by atoms with Crippen LogP contribution in [0.3, 0.4) is 0 Å². The largest absolute Gasteiger partial charge is 0.393 e. The number of aliphatic hydroxyl groups excluding tert-OH is 2. The molecule has 0 aliphatic carbocycles. The molecule has 3 heterocycles. The van der Waals surface area contributed by atoms with Crippen LogP contribution in [-0.2, 0) is 4.74 Å². The Balaban J connectivity index is 2.02. The maximum absolute atomic E-state index is 10.0. The minimum absolute atomic E-state index is 0.162. The van der Waals surface area contributed by atoms with Gasteiger partial charge in [-0.1, -0.05) is 5.11 Å². The van der Waals surface area contributed by atoms with E-state index in [4.69, 9.17) is 16.0 Å². The van der Waals surface area contributed by atoms with Gasteiger partial charge in [0.2, 0.25) is 0 Å². The predicted molar refractivity (Wildman–Crippen MR) is 70.8 cm³/mol. The SMILES string of the molecule is [N-]=[N+]=NC1(CO)O[C@@H](c2ccc3c(N)ncnn23)C[C@@H]1O. The fourth-order valence-electron chi connectivity index (χ4n) is 2.50. The van der Waals surface area contributed by atoms with E-state index in [0.717, 1.165) is 0 Å². The Hall–Kier alpha value is -2.39. The number of fused-ring (bicyclic) bond motifs is 1. The molecule has 110 valence electrons. The van der Waals surface area contributed by atoms with E-state index < -0.39 is 24.5 Å². The smallest absolute Gasteiger partial charge is 0.196 e. The minimum Gasteiger partial charge on any atom is -0.393 e. The van der Waals surface area contributed by atoms with Gasteiger partial charge in [0.15, 0.2) is 11.5 Å². The second-order valence-electron chi connectivity index (χ2n) is 4.75. The molecule has 4 N–H and O–H groups in total. The van der Waals surface area contributed by atoms with E-state index >= 15 is 0 Å². The fraction of sp³-hybridized carbons (Fsp3) is 0.455. The van der Waals surface area contributed by atoms with Crippen LogP contribution in [0.25, 0.3) is 16.0 Å². The highest BCUT2D eigenvalue weighted by Crippen LogP contribution is 2.41. The molecule has 10 heteroatoms. The van der Waals surface area contributed by atoms with Crippen molar-refractivity contribution in [1.29, 1.82) is 0 Å². The van der Waals surface area contributed by atoms with E-state index in [1.807, 2.05) is 0 Å². The number of hydrogen-bond donors (Lipinski definition) is 3. The van der Waals surface area contributed by atoms with Crippen molar-refractivity contribution in [2.24, 2.45) is 5.11 Å². The van der Waals surface area contributed by atoms with Crippen molar-refractivity contribution in [2.75, 3.05) is 12.3 Å². The molecule has 2 aromatic heterocycles. The fourth-order valence-corrected chi connectivity index (χ4v) is 2.50. The summed E-state index contributed by atoms with van der Waals surface area (Å²) in [5.41, 5.74) is 13.9. The van der Waals surface area contributed by atoms with E-state index in [1.54, 1.807) is 16.6 Å². The van der Waals surface area contributed by atoms with Crippen LogP contribution in [0.4, 0.5) is 5.82 Å². The van der Waals surface area contributed by atoms with Gasteiger partial charge >= 0.3 is 0 Å². The molecule has 21 heavy (non-hydrogen) atoms. The van der Waals surface area contributed by atoms with Crippen molar-refractivity contribution in [1.82, 2.24) is 14.6 Å². The standard InChI is InChI=1S/C11H13N7O3/c12-10-7-2-1-6(18(7)15-5-14-10)8-3-9(20)11(4-19,21-8)16-17-13/h1-2,5,8-9,19-20H,3-4H2,(H2,12,14,15)/t8-,9+,11?/m1/s1. The molecule has 0 radical (unpaired) electrons. The Morgan fingerprint density at radius 1 is 1.62 bits per heavy atom. The molecule has 1 unspecified atom stereocenters. The van der Waals surface area contributed by atoms with Crippen molar-refractivity contribution in [3.8, 4) is 0 Å². The average molecular weight is 291 g/mol. The summed E-state index contributed by atoms with van der Waals surface area (Å²) in [7, 11) is 0. The molecule has 0 bridgehead atoms. The third-order valence-corrected chi connectivity index (χ3v) is 3.59. The third-order valence-electron chi connectivity index (χ3n) is 3.59. The Labute approximate surface area is 118 Å². The highest BCUT2D eigenvalue weighted by molar-refractivity contribution is 5.65. The van der Waals surface area contributed by atoms with Gasteiger partial charge in [0, 0.05) is 11.3 Å². The van der Waals surface area contributed by atoms with Gasteiger partial charge in [-0.15, -0.1) is 0 Å². The van der Waals surface area contributed by atoms with Crippen LogP contribution < -0.4 is 5.73 Å². The molecule has 3 rings (SSSR count). The van der Waals surface area contributed by atoms with Crippen molar-refractivity contribution < 1.29 is 14.9 Å². The van der Waals surface area contributed by atoms with E-state index in [0.29, 0.717) is 17.0 Å². The number of aromatic nitrogens is 3. The van der Waals surface area contributed by atoms with E-state index in [1.165, 1.54) is 6.33 Å². The van der Waals surface area contributed by atoms with Gasteiger partial charge in [-0.2, -0.15) is 5.10 Å². The molecular formula is C11H13N7O3. The second-order valence-corrected chi connectivity index (χ2v) is 4.75. The number of hydrogen-bond acceptors (Lipinski definition) is 7. The van der Waals surface area contributed by atoms with Crippen molar-refractivity contribution in [3.05, 3.63) is 34.6 Å². The molecule has 10 nitrogen and oxygen atoms in total. The summed E-state index contributed by atoms with van der Waals surface area (Å²) in [6.45, 7) is -0.616.